The van der Waals surface area contributed by atoms with Crippen LogP contribution in [0.15, 0.2) is 17.3 Å². The minimum atomic E-state index is 0.866. The van der Waals surface area contributed by atoms with Crippen molar-refractivity contribution in [3.05, 3.63) is 12.3 Å². The first kappa shape index (κ1) is 3.72. The monoisotopic (exact) mass is 106 g/mol. The SMILES string of the molecule is C1=Nc2[nH]ccc2[N]1. The van der Waals surface area contributed by atoms with Gasteiger partial charge in [-0.2, -0.15) is 0 Å². The van der Waals surface area contributed by atoms with Gasteiger partial charge in [0.1, 0.15) is 12.0 Å². The number of hydrogen-bond donors (Lipinski definition) is 1. The molecule has 0 aliphatic carbocycles. The first-order valence-electron chi connectivity index (χ1n) is 2.37. The minimum Gasteiger partial charge on any atom is -0.345 e. The van der Waals surface area contributed by atoms with Crippen molar-refractivity contribution >= 4 is 17.8 Å². The number of aromatic amines is 1. The van der Waals surface area contributed by atoms with E-state index in [-0.39, 0.29) is 0 Å². The summed E-state index contributed by atoms with van der Waals surface area (Å²) in [4.78, 5) is 6.84. The molecule has 8 heavy (non-hydrogen) atoms. The highest BCUT2D eigenvalue weighted by Crippen LogP contribution is 2.24. The number of rotatable bonds is 0. The number of H-pyrrole nitrogens is 1. The largest absolute Gasteiger partial charge is 0.345 e. The Morgan fingerprint density at radius 2 is 2.50 bits per heavy atom. The smallest absolute Gasteiger partial charge is 0.157 e. The number of nitrogens with zero attached hydrogens (tertiary/aromatic N) is 2. The lowest BCUT2D eigenvalue weighted by Gasteiger charge is -1.78. The molecule has 0 unspecified atom stereocenters. The third kappa shape index (κ3) is 0.307. The topological polar surface area (TPSA) is 42.2 Å². The minimum absolute atomic E-state index is 0.866. The molecule has 1 radical (unpaired) electrons. The quantitative estimate of drug-likeness (QED) is 0.511. The van der Waals surface area contributed by atoms with Gasteiger partial charge in [0.15, 0.2) is 5.82 Å². The van der Waals surface area contributed by atoms with E-state index in [2.05, 4.69) is 15.3 Å². The number of aliphatic imine (C=N–C) groups is 1. The Morgan fingerprint density at radius 3 is 3.38 bits per heavy atom. The summed E-state index contributed by atoms with van der Waals surface area (Å²) in [5.41, 5.74) is 0.935. The third-order valence-corrected chi connectivity index (χ3v) is 1.09. The van der Waals surface area contributed by atoms with Gasteiger partial charge in [-0.3, -0.25) is 0 Å². The van der Waals surface area contributed by atoms with Crippen molar-refractivity contribution in [2.75, 3.05) is 0 Å². The zero-order valence-corrected chi connectivity index (χ0v) is 4.13. The molecule has 39 valence electrons. The van der Waals surface area contributed by atoms with Crippen molar-refractivity contribution < 1.29 is 0 Å². The molecule has 0 bridgehead atoms. The lowest BCUT2D eigenvalue weighted by Crippen LogP contribution is -1.81. The standard InChI is InChI=1S/C5H4N3/c1-2-6-5-4(1)7-3-8-5/h1-3,6H. The predicted molar refractivity (Wildman–Crippen MR) is 30.7 cm³/mol. The molecule has 0 spiro atoms. The van der Waals surface area contributed by atoms with E-state index in [0.29, 0.717) is 0 Å². The van der Waals surface area contributed by atoms with Gasteiger partial charge in [-0.1, -0.05) is 0 Å². The fourth-order valence-electron chi connectivity index (χ4n) is 0.709. The molecule has 0 saturated carbocycles. The number of fused-ring (bicyclic) bond motifs is 1. The highest BCUT2D eigenvalue weighted by Gasteiger charge is 2.05. The van der Waals surface area contributed by atoms with E-state index < -0.39 is 0 Å². The summed E-state index contributed by atoms with van der Waals surface area (Å²) in [6, 6.07) is 1.89. The first-order chi connectivity index (χ1) is 3.97. The second-order valence-electron chi connectivity index (χ2n) is 1.59. The van der Waals surface area contributed by atoms with Crippen LogP contribution in [0.25, 0.3) is 0 Å². The molecular formula is C5H4N3. The molecule has 1 aliphatic rings. The van der Waals surface area contributed by atoms with E-state index in [1.807, 2.05) is 12.3 Å². The van der Waals surface area contributed by atoms with Crippen molar-refractivity contribution in [3.8, 4) is 0 Å². The van der Waals surface area contributed by atoms with Gasteiger partial charge in [0, 0.05) is 6.20 Å². The van der Waals surface area contributed by atoms with Crippen LogP contribution < -0.4 is 5.32 Å². The van der Waals surface area contributed by atoms with Crippen LogP contribution >= 0.6 is 0 Å². The molecule has 0 amide bonds. The summed E-state index contributed by atoms with van der Waals surface area (Å²) in [5, 5.41) is 3.94. The Balaban J connectivity index is 2.67. The van der Waals surface area contributed by atoms with Crippen molar-refractivity contribution in [1.82, 2.24) is 10.3 Å². The van der Waals surface area contributed by atoms with Crippen molar-refractivity contribution in [2.24, 2.45) is 4.99 Å². The summed E-state index contributed by atoms with van der Waals surface area (Å²) in [6.45, 7) is 0. The van der Waals surface area contributed by atoms with Crippen LogP contribution in [0.4, 0.5) is 11.5 Å². The highest BCUT2D eigenvalue weighted by atomic mass is 15.1. The van der Waals surface area contributed by atoms with Gasteiger partial charge < -0.3 is 4.98 Å². The van der Waals surface area contributed by atoms with E-state index in [1.54, 1.807) is 6.34 Å². The zero-order valence-electron chi connectivity index (χ0n) is 4.13. The molecule has 0 fully saturated rings. The predicted octanol–water partition coefficient (Wildman–Crippen LogP) is 0.924. The van der Waals surface area contributed by atoms with Gasteiger partial charge in [-0.05, 0) is 6.07 Å². The van der Waals surface area contributed by atoms with E-state index in [9.17, 15) is 0 Å². The van der Waals surface area contributed by atoms with Gasteiger partial charge in [0.25, 0.3) is 0 Å². The van der Waals surface area contributed by atoms with Crippen LogP contribution in [-0.2, 0) is 0 Å². The molecule has 1 aliphatic heterocycles. The molecule has 1 N–H and O–H groups in total. The maximum absolute atomic E-state index is 3.94. The number of nitrogens with one attached hydrogen (secondary N) is 1. The summed E-state index contributed by atoms with van der Waals surface area (Å²) in [6.07, 6.45) is 3.37. The summed E-state index contributed by atoms with van der Waals surface area (Å²) in [7, 11) is 0. The summed E-state index contributed by atoms with van der Waals surface area (Å²) >= 11 is 0. The number of aromatic nitrogens is 1. The van der Waals surface area contributed by atoms with Gasteiger partial charge in [0.05, 0.1) is 0 Å². The van der Waals surface area contributed by atoms with Crippen LogP contribution in [0.2, 0.25) is 0 Å². The molecule has 0 aromatic carbocycles. The fourth-order valence-corrected chi connectivity index (χ4v) is 0.709. The summed E-state index contributed by atoms with van der Waals surface area (Å²) < 4.78 is 0. The average molecular weight is 106 g/mol. The normalized spacial score (nSPS) is 13.5. The van der Waals surface area contributed by atoms with E-state index >= 15 is 0 Å². The lowest BCUT2D eigenvalue weighted by molar-refractivity contribution is 1.36. The Morgan fingerprint density at radius 1 is 1.50 bits per heavy atom. The molecule has 2 heterocycles. The second-order valence-corrected chi connectivity index (χ2v) is 1.59. The summed E-state index contributed by atoms with van der Waals surface area (Å²) in [5.74, 6) is 0.866. The van der Waals surface area contributed by atoms with Gasteiger partial charge in [-0.15, -0.1) is 0 Å². The molecule has 0 saturated heterocycles. The molecule has 1 aromatic heterocycles. The maximum Gasteiger partial charge on any atom is 0.157 e. The molecule has 3 heteroatoms. The molecule has 0 atom stereocenters. The number of hydrogen-bond acceptors (Lipinski definition) is 1. The van der Waals surface area contributed by atoms with E-state index in [1.165, 1.54) is 0 Å². The second kappa shape index (κ2) is 1.12. The Labute approximate surface area is 46.4 Å². The van der Waals surface area contributed by atoms with Crippen LogP contribution in [0.3, 0.4) is 0 Å². The average Bonchev–Trinajstić information content (AvgIpc) is 2.15. The lowest BCUT2D eigenvalue weighted by atomic mass is 10.5. The van der Waals surface area contributed by atoms with E-state index in [4.69, 9.17) is 0 Å². The molecular weight excluding hydrogens is 102 g/mol. The highest BCUT2D eigenvalue weighted by molar-refractivity contribution is 5.79. The maximum atomic E-state index is 3.94. The van der Waals surface area contributed by atoms with Crippen LogP contribution in [0, 0.1) is 0 Å². The Bertz CT molecular complexity index is 223. The first-order valence-corrected chi connectivity index (χ1v) is 2.37. The molecule has 1 aromatic rings. The fraction of sp³-hybridized carbons (Fsp3) is 0. The third-order valence-electron chi connectivity index (χ3n) is 1.09. The van der Waals surface area contributed by atoms with Crippen LogP contribution in [0.1, 0.15) is 0 Å². The van der Waals surface area contributed by atoms with Crippen molar-refractivity contribution in [1.29, 1.82) is 0 Å². The van der Waals surface area contributed by atoms with E-state index in [0.717, 1.165) is 11.5 Å². The molecule has 3 nitrogen and oxygen atoms in total. The Hall–Kier alpha value is -1.25. The van der Waals surface area contributed by atoms with Crippen molar-refractivity contribution in [3.63, 3.8) is 0 Å². The van der Waals surface area contributed by atoms with Crippen LogP contribution in [0.5, 0.6) is 0 Å². The van der Waals surface area contributed by atoms with Crippen molar-refractivity contribution in [2.45, 2.75) is 0 Å². The molecule has 2 rings (SSSR count). The van der Waals surface area contributed by atoms with Gasteiger partial charge in [0.2, 0.25) is 0 Å². The van der Waals surface area contributed by atoms with Crippen LogP contribution in [-0.4, -0.2) is 11.3 Å². The Kier molecular flexibility index (Phi) is 0.521. The van der Waals surface area contributed by atoms with Gasteiger partial charge in [-0.25, -0.2) is 10.3 Å². The van der Waals surface area contributed by atoms with Gasteiger partial charge >= 0.3 is 0 Å². The zero-order chi connectivity index (χ0) is 5.40.